The van der Waals surface area contributed by atoms with Crippen LogP contribution in [0.2, 0.25) is 0 Å². The molecule has 1 heterocycles. The van der Waals surface area contributed by atoms with E-state index in [0.717, 1.165) is 18.0 Å². The topological polar surface area (TPSA) is 38.1 Å². The first-order valence-electron chi connectivity index (χ1n) is 4.34. The molecule has 0 atom stereocenters. The van der Waals surface area contributed by atoms with Crippen LogP contribution in [0, 0.1) is 0 Å². The van der Waals surface area contributed by atoms with Gasteiger partial charge in [0.2, 0.25) is 0 Å². The monoisotopic (exact) mass is 166 g/mol. The van der Waals surface area contributed by atoms with E-state index in [0.29, 0.717) is 5.41 Å². The molecule has 0 radical (unpaired) electrons. The molecule has 12 heavy (non-hydrogen) atoms. The first-order valence-corrected chi connectivity index (χ1v) is 4.34. The Morgan fingerprint density at radius 3 is 3.00 bits per heavy atom. The Bertz CT molecular complexity index is 276. The zero-order valence-electron chi connectivity index (χ0n) is 7.55. The molecule has 1 aliphatic rings. The highest BCUT2D eigenvalue weighted by molar-refractivity contribution is 5.24. The minimum Gasteiger partial charge on any atom is -0.448 e. The Hall–Kier alpha value is -0.830. The zero-order valence-corrected chi connectivity index (χ0v) is 7.55. The minimum atomic E-state index is 0.294. The number of rotatable bonds is 3. The number of nitrogens with one attached hydrogen (secondary N) is 1. The van der Waals surface area contributed by atoms with Gasteiger partial charge in [0.1, 0.15) is 5.76 Å². The largest absolute Gasteiger partial charge is 0.448 e. The molecular weight excluding hydrogens is 152 g/mol. The van der Waals surface area contributed by atoms with Gasteiger partial charge in [0.05, 0.1) is 5.69 Å². The molecule has 0 aromatic carbocycles. The van der Waals surface area contributed by atoms with Gasteiger partial charge in [-0.15, -0.1) is 0 Å². The molecule has 0 amide bonds. The van der Waals surface area contributed by atoms with Crippen LogP contribution in [0.3, 0.4) is 0 Å². The van der Waals surface area contributed by atoms with Gasteiger partial charge in [-0.05, 0) is 19.9 Å². The molecule has 2 rings (SSSR count). The average Bonchev–Trinajstić information content (AvgIpc) is 2.64. The van der Waals surface area contributed by atoms with Crippen molar-refractivity contribution in [3.8, 4) is 0 Å². The maximum absolute atomic E-state index is 5.39. The maximum atomic E-state index is 5.39. The van der Waals surface area contributed by atoms with Crippen molar-refractivity contribution in [3.63, 3.8) is 0 Å². The Morgan fingerprint density at radius 1 is 1.67 bits per heavy atom. The first kappa shape index (κ1) is 7.80. The molecule has 0 unspecified atom stereocenters. The third-order valence-electron chi connectivity index (χ3n) is 2.53. The summed E-state index contributed by atoms with van der Waals surface area (Å²) in [6.45, 7) is 3.04. The fraction of sp³-hybridized carbons (Fsp3) is 0.667. The van der Waals surface area contributed by atoms with Gasteiger partial charge < -0.3 is 9.73 Å². The van der Waals surface area contributed by atoms with E-state index in [1.165, 1.54) is 12.8 Å². The lowest BCUT2D eigenvalue weighted by Gasteiger charge is -2.05. The molecule has 1 aromatic rings. The van der Waals surface area contributed by atoms with Crippen molar-refractivity contribution < 1.29 is 4.42 Å². The highest BCUT2D eigenvalue weighted by Crippen LogP contribution is 2.48. The van der Waals surface area contributed by atoms with Crippen LogP contribution in [0.5, 0.6) is 0 Å². The average molecular weight is 166 g/mol. The van der Waals surface area contributed by atoms with Gasteiger partial charge in [0.15, 0.2) is 6.39 Å². The second-order valence-corrected chi connectivity index (χ2v) is 3.72. The summed E-state index contributed by atoms with van der Waals surface area (Å²) in [7, 11) is 1.92. The van der Waals surface area contributed by atoms with Crippen molar-refractivity contribution >= 4 is 0 Å². The summed E-state index contributed by atoms with van der Waals surface area (Å²) in [5.41, 5.74) is 1.36. The number of hydrogen-bond donors (Lipinski definition) is 1. The Morgan fingerprint density at radius 2 is 2.42 bits per heavy atom. The standard InChI is InChI=1S/C9H14N2O/c1-9(3-4-9)8-7(5-10-2)11-6-12-8/h6,10H,3-5H2,1-2H3. The zero-order chi connectivity index (χ0) is 8.60. The van der Waals surface area contributed by atoms with E-state index >= 15 is 0 Å². The van der Waals surface area contributed by atoms with E-state index in [-0.39, 0.29) is 0 Å². The van der Waals surface area contributed by atoms with Crippen LogP contribution in [-0.4, -0.2) is 12.0 Å². The number of nitrogens with zero attached hydrogens (tertiary/aromatic N) is 1. The lowest BCUT2D eigenvalue weighted by atomic mass is 10.1. The summed E-state index contributed by atoms with van der Waals surface area (Å²) < 4.78 is 5.39. The summed E-state index contributed by atoms with van der Waals surface area (Å²) in [5.74, 6) is 1.08. The smallest absolute Gasteiger partial charge is 0.181 e. The fourth-order valence-corrected chi connectivity index (χ4v) is 1.47. The fourth-order valence-electron chi connectivity index (χ4n) is 1.47. The molecule has 1 fully saturated rings. The molecule has 0 aliphatic heterocycles. The van der Waals surface area contributed by atoms with Crippen LogP contribution < -0.4 is 5.32 Å². The predicted molar refractivity (Wildman–Crippen MR) is 45.9 cm³/mol. The van der Waals surface area contributed by atoms with Gasteiger partial charge in [-0.25, -0.2) is 4.98 Å². The van der Waals surface area contributed by atoms with Crippen molar-refractivity contribution in [1.82, 2.24) is 10.3 Å². The molecule has 3 heteroatoms. The molecule has 1 aromatic heterocycles. The van der Waals surface area contributed by atoms with Crippen molar-refractivity contribution in [2.24, 2.45) is 0 Å². The molecule has 1 aliphatic carbocycles. The van der Waals surface area contributed by atoms with Crippen LogP contribution >= 0.6 is 0 Å². The van der Waals surface area contributed by atoms with Crippen LogP contribution in [0.25, 0.3) is 0 Å². The molecule has 0 spiro atoms. The summed E-state index contributed by atoms with van der Waals surface area (Å²) in [4.78, 5) is 4.18. The van der Waals surface area contributed by atoms with E-state index in [2.05, 4.69) is 17.2 Å². The Kier molecular flexibility index (Phi) is 1.68. The summed E-state index contributed by atoms with van der Waals surface area (Å²) in [5, 5.41) is 3.09. The molecule has 3 nitrogen and oxygen atoms in total. The van der Waals surface area contributed by atoms with Crippen molar-refractivity contribution in [2.45, 2.75) is 31.7 Å². The van der Waals surface area contributed by atoms with Crippen LogP contribution in [0.15, 0.2) is 10.8 Å². The molecule has 0 bridgehead atoms. The van der Waals surface area contributed by atoms with Crippen LogP contribution in [0.4, 0.5) is 0 Å². The minimum absolute atomic E-state index is 0.294. The Balaban J connectivity index is 2.24. The van der Waals surface area contributed by atoms with Gasteiger partial charge in [-0.2, -0.15) is 0 Å². The lowest BCUT2D eigenvalue weighted by Crippen LogP contribution is -2.10. The van der Waals surface area contributed by atoms with E-state index in [1.54, 1.807) is 6.39 Å². The van der Waals surface area contributed by atoms with Crippen molar-refractivity contribution in [1.29, 1.82) is 0 Å². The van der Waals surface area contributed by atoms with E-state index in [1.807, 2.05) is 7.05 Å². The Labute approximate surface area is 72.2 Å². The first-order chi connectivity index (χ1) is 5.76. The predicted octanol–water partition coefficient (Wildman–Crippen LogP) is 1.45. The van der Waals surface area contributed by atoms with E-state index in [9.17, 15) is 0 Å². The van der Waals surface area contributed by atoms with E-state index in [4.69, 9.17) is 4.42 Å². The molecular formula is C9H14N2O. The van der Waals surface area contributed by atoms with Crippen molar-refractivity contribution in [3.05, 3.63) is 17.8 Å². The second kappa shape index (κ2) is 2.59. The van der Waals surface area contributed by atoms with Gasteiger partial charge in [-0.3, -0.25) is 0 Å². The molecule has 1 saturated carbocycles. The van der Waals surface area contributed by atoms with Crippen molar-refractivity contribution in [2.75, 3.05) is 7.05 Å². The second-order valence-electron chi connectivity index (χ2n) is 3.72. The van der Waals surface area contributed by atoms with Gasteiger partial charge in [0.25, 0.3) is 0 Å². The third kappa shape index (κ3) is 1.14. The molecule has 0 saturated heterocycles. The number of aromatic nitrogens is 1. The van der Waals surface area contributed by atoms with Crippen LogP contribution in [0.1, 0.15) is 31.2 Å². The highest BCUT2D eigenvalue weighted by atomic mass is 16.3. The SMILES string of the molecule is CNCc1ncoc1C1(C)CC1. The number of hydrogen-bond acceptors (Lipinski definition) is 3. The van der Waals surface area contributed by atoms with Crippen LogP contribution in [-0.2, 0) is 12.0 Å². The number of oxazole rings is 1. The third-order valence-corrected chi connectivity index (χ3v) is 2.53. The lowest BCUT2D eigenvalue weighted by molar-refractivity contribution is 0.458. The quantitative estimate of drug-likeness (QED) is 0.738. The van der Waals surface area contributed by atoms with Gasteiger partial charge >= 0.3 is 0 Å². The van der Waals surface area contributed by atoms with Gasteiger partial charge in [0, 0.05) is 12.0 Å². The van der Waals surface area contributed by atoms with E-state index < -0.39 is 0 Å². The normalized spacial score (nSPS) is 19.5. The molecule has 66 valence electrons. The summed E-state index contributed by atoms with van der Waals surface area (Å²) >= 11 is 0. The molecule has 1 N–H and O–H groups in total. The maximum Gasteiger partial charge on any atom is 0.181 e. The highest BCUT2D eigenvalue weighted by Gasteiger charge is 2.43. The summed E-state index contributed by atoms with van der Waals surface area (Å²) in [6.07, 6.45) is 4.02. The van der Waals surface area contributed by atoms with Gasteiger partial charge in [-0.1, -0.05) is 6.92 Å². The summed E-state index contributed by atoms with van der Waals surface area (Å²) in [6, 6.07) is 0.